The second-order valence-corrected chi connectivity index (χ2v) is 4.53. The lowest BCUT2D eigenvalue weighted by Crippen LogP contribution is -1.96. The lowest BCUT2D eigenvalue weighted by molar-refractivity contribution is 0.415. The quantitative estimate of drug-likeness (QED) is 0.788. The third-order valence-corrected chi connectivity index (χ3v) is 3.26. The fourth-order valence-corrected chi connectivity index (χ4v) is 2.18. The summed E-state index contributed by atoms with van der Waals surface area (Å²) in [5.74, 6) is 0.792. The molecule has 0 saturated carbocycles. The van der Waals surface area contributed by atoms with Crippen molar-refractivity contribution >= 4 is 22.3 Å². The molecule has 0 atom stereocenters. The Hall–Kier alpha value is -3.06. The maximum atomic E-state index is 9.29. The van der Waals surface area contributed by atoms with Crippen molar-refractivity contribution in [2.45, 2.75) is 0 Å². The van der Waals surface area contributed by atoms with Gasteiger partial charge in [0.1, 0.15) is 11.8 Å². The molecule has 0 amide bonds. The van der Waals surface area contributed by atoms with Crippen LogP contribution in [0.4, 0.5) is 11.4 Å². The Morgan fingerprint density at radius 3 is 2.57 bits per heavy atom. The second kappa shape index (κ2) is 5.51. The summed E-state index contributed by atoms with van der Waals surface area (Å²) >= 11 is 0. The predicted octanol–water partition coefficient (Wildman–Crippen LogP) is 3.86. The maximum Gasteiger partial charge on any atom is 0.119 e. The molecule has 0 saturated heterocycles. The standard InChI is InChI=1S/C17H13N3O/c1-21-14-8-6-13(7-9-14)20-17-12(10-18)11-19-16-5-3-2-4-15(16)17/h2-9,11H,1H3,(H,19,20). The number of hydrogen-bond acceptors (Lipinski definition) is 4. The van der Waals surface area contributed by atoms with Crippen LogP contribution in [0.15, 0.2) is 54.7 Å². The van der Waals surface area contributed by atoms with Crippen molar-refractivity contribution in [3.8, 4) is 11.8 Å². The summed E-state index contributed by atoms with van der Waals surface area (Å²) in [6, 6.07) is 17.5. The van der Waals surface area contributed by atoms with Crippen molar-refractivity contribution in [1.29, 1.82) is 5.26 Å². The monoisotopic (exact) mass is 275 g/mol. The van der Waals surface area contributed by atoms with E-state index in [2.05, 4.69) is 16.4 Å². The summed E-state index contributed by atoms with van der Waals surface area (Å²) in [5.41, 5.74) is 3.04. The number of nitriles is 1. The Morgan fingerprint density at radius 2 is 1.86 bits per heavy atom. The van der Waals surface area contributed by atoms with Crippen LogP contribution in [0, 0.1) is 11.3 Å². The summed E-state index contributed by atoms with van der Waals surface area (Å²) in [6.45, 7) is 0. The van der Waals surface area contributed by atoms with Crippen molar-refractivity contribution in [3.05, 3.63) is 60.3 Å². The highest BCUT2D eigenvalue weighted by molar-refractivity contribution is 5.95. The highest BCUT2D eigenvalue weighted by Crippen LogP contribution is 2.29. The van der Waals surface area contributed by atoms with E-state index in [0.29, 0.717) is 5.56 Å². The van der Waals surface area contributed by atoms with Gasteiger partial charge in [0, 0.05) is 17.3 Å². The molecule has 21 heavy (non-hydrogen) atoms. The molecule has 3 rings (SSSR count). The maximum absolute atomic E-state index is 9.29. The molecule has 2 aromatic carbocycles. The van der Waals surface area contributed by atoms with Gasteiger partial charge in [-0.15, -0.1) is 0 Å². The second-order valence-electron chi connectivity index (χ2n) is 4.53. The molecule has 0 radical (unpaired) electrons. The van der Waals surface area contributed by atoms with Crippen LogP contribution in [0.1, 0.15) is 5.56 Å². The molecule has 0 aliphatic rings. The van der Waals surface area contributed by atoms with Gasteiger partial charge < -0.3 is 10.1 Å². The summed E-state index contributed by atoms with van der Waals surface area (Å²) in [5, 5.41) is 13.5. The Balaban J connectivity index is 2.08. The topological polar surface area (TPSA) is 57.9 Å². The van der Waals surface area contributed by atoms with Crippen molar-refractivity contribution < 1.29 is 4.74 Å². The first kappa shape index (κ1) is 12.9. The number of rotatable bonds is 3. The Labute approximate surface area is 122 Å². The van der Waals surface area contributed by atoms with Gasteiger partial charge in [0.2, 0.25) is 0 Å². The van der Waals surface area contributed by atoms with Crippen LogP contribution in [0.25, 0.3) is 10.9 Å². The van der Waals surface area contributed by atoms with E-state index in [-0.39, 0.29) is 0 Å². The first-order valence-corrected chi connectivity index (χ1v) is 6.51. The largest absolute Gasteiger partial charge is 0.497 e. The van der Waals surface area contributed by atoms with Crippen molar-refractivity contribution in [1.82, 2.24) is 4.98 Å². The van der Waals surface area contributed by atoms with Crippen LogP contribution < -0.4 is 10.1 Å². The van der Waals surface area contributed by atoms with Gasteiger partial charge in [-0.2, -0.15) is 5.26 Å². The number of para-hydroxylation sites is 1. The first-order chi connectivity index (χ1) is 10.3. The summed E-state index contributed by atoms with van der Waals surface area (Å²) in [7, 11) is 1.63. The van der Waals surface area contributed by atoms with E-state index in [4.69, 9.17) is 4.74 Å². The van der Waals surface area contributed by atoms with Gasteiger partial charge in [0.15, 0.2) is 0 Å². The third kappa shape index (κ3) is 2.49. The van der Waals surface area contributed by atoms with Crippen LogP contribution in [-0.4, -0.2) is 12.1 Å². The normalized spacial score (nSPS) is 10.1. The van der Waals surface area contributed by atoms with Gasteiger partial charge in [0.05, 0.1) is 23.9 Å². The first-order valence-electron chi connectivity index (χ1n) is 6.51. The fraction of sp³-hybridized carbons (Fsp3) is 0.0588. The van der Waals surface area contributed by atoms with Crippen LogP contribution >= 0.6 is 0 Å². The molecule has 0 spiro atoms. The zero-order chi connectivity index (χ0) is 14.7. The summed E-state index contributed by atoms with van der Waals surface area (Å²) < 4.78 is 5.14. The van der Waals surface area contributed by atoms with Crippen molar-refractivity contribution in [2.75, 3.05) is 12.4 Å². The number of aromatic nitrogens is 1. The number of fused-ring (bicyclic) bond motifs is 1. The van der Waals surface area contributed by atoms with Gasteiger partial charge >= 0.3 is 0 Å². The van der Waals surface area contributed by atoms with Crippen molar-refractivity contribution in [3.63, 3.8) is 0 Å². The minimum atomic E-state index is 0.518. The smallest absolute Gasteiger partial charge is 0.119 e. The van der Waals surface area contributed by atoms with E-state index >= 15 is 0 Å². The Morgan fingerprint density at radius 1 is 1.10 bits per heavy atom. The molecule has 1 aromatic heterocycles. The number of nitrogens with one attached hydrogen (secondary N) is 1. The molecule has 0 aliphatic carbocycles. The molecule has 0 fully saturated rings. The number of nitrogens with zero attached hydrogens (tertiary/aromatic N) is 2. The van der Waals surface area contributed by atoms with E-state index in [9.17, 15) is 5.26 Å². The molecule has 1 N–H and O–H groups in total. The highest BCUT2D eigenvalue weighted by Gasteiger charge is 2.08. The molecule has 4 heteroatoms. The molecule has 0 unspecified atom stereocenters. The Kier molecular flexibility index (Phi) is 3.40. The predicted molar refractivity (Wildman–Crippen MR) is 82.7 cm³/mol. The zero-order valence-electron chi connectivity index (χ0n) is 11.5. The minimum Gasteiger partial charge on any atom is -0.497 e. The fourth-order valence-electron chi connectivity index (χ4n) is 2.18. The number of pyridine rings is 1. The van der Waals surface area contributed by atoms with Gasteiger partial charge in [-0.1, -0.05) is 18.2 Å². The van der Waals surface area contributed by atoms with E-state index in [1.54, 1.807) is 13.3 Å². The SMILES string of the molecule is COc1ccc(Nc2c(C#N)cnc3ccccc23)cc1. The van der Waals surface area contributed by atoms with E-state index < -0.39 is 0 Å². The minimum absolute atomic E-state index is 0.518. The van der Waals surface area contributed by atoms with Crippen molar-refractivity contribution in [2.24, 2.45) is 0 Å². The Bertz CT molecular complexity index is 820. The van der Waals surface area contributed by atoms with Crippen LogP contribution in [-0.2, 0) is 0 Å². The van der Waals surface area contributed by atoms with Gasteiger partial charge in [-0.3, -0.25) is 4.98 Å². The van der Waals surface area contributed by atoms with Crippen LogP contribution in [0.5, 0.6) is 5.75 Å². The number of ether oxygens (including phenoxy) is 1. The number of anilines is 2. The number of methoxy groups -OCH3 is 1. The van der Waals surface area contributed by atoms with Gasteiger partial charge in [-0.05, 0) is 30.3 Å². The molecule has 3 aromatic rings. The average Bonchev–Trinajstić information content (AvgIpc) is 2.56. The lowest BCUT2D eigenvalue weighted by Gasteiger charge is -2.11. The van der Waals surface area contributed by atoms with Gasteiger partial charge in [-0.25, -0.2) is 0 Å². The van der Waals surface area contributed by atoms with E-state index in [1.807, 2.05) is 48.5 Å². The van der Waals surface area contributed by atoms with Crippen LogP contribution in [0.3, 0.4) is 0 Å². The van der Waals surface area contributed by atoms with Crippen LogP contribution in [0.2, 0.25) is 0 Å². The third-order valence-electron chi connectivity index (χ3n) is 3.26. The molecule has 102 valence electrons. The number of hydrogen-bond donors (Lipinski definition) is 1. The molecule has 1 heterocycles. The van der Waals surface area contributed by atoms with E-state index in [0.717, 1.165) is 28.0 Å². The van der Waals surface area contributed by atoms with E-state index in [1.165, 1.54) is 0 Å². The summed E-state index contributed by atoms with van der Waals surface area (Å²) in [6.07, 6.45) is 1.59. The molecule has 0 aliphatic heterocycles. The molecule has 0 bridgehead atoms. The lowest BCUT2D eigenvalue weighted by atomic mass is 10.1. The highest BCUT2D eigenvalue weighted by atomic mass is 16.5. The number of benzene rings is 2. The molecular formula is C17H13N3O. The average molecular weight is 275 g/mol. The molecule has 4 nitrogen and oxygen atoms in total. The van der Waals surface area contributed by atoms with Gasteiger partial charge in [0.25, 0.3) is 0 Å². The molecular weight excluding hydrogens is 262 g/mol. The zero-order valence-corrected chi connectivity index (χ0v) is 11.5. The summed E-state index contributed by atoms with van der Waals surface area (Å²) in [4.78, 5) is 4.30.